The fourth-order valence-corrected chi connectivity index (χ4v) is 3.59. The molecule has 0 aliphatic carbocycles. The first-order chi connectivity index (χ1) is 12.8. The van der Waals surface area contributed by atoms with Gasteiger partial charge in [-0.1, -0.05) is 64.5 Å². The third-order valence-corrected chi connectivity index (χ3v) is 5.14. The fraction of sp³-hybridized carbons (Fsp3) is 0.136. The molecular weight excluding hydrogens is 388 g/mol. The number of benzene rings is 3. The first kappa shape index (κ1) is 16.9. The molecule has 1 aliphatic heterocycles. The highest BCUT2D eigenvalue weighted by Crippen LogP contribution is 2.40. The molecule has 0 aromatic heterocycles. The van der Waals surface area contributed by atoms with Crippen LogP contribution in [0, 0.1) is 0 Å². The Bertz CT molecular complexity index is 922. The van der Waals surface area contributed by atoms with Crippen LogP contribution in [0.4, 0.5) is 5.69 Å². The summed E-state index contributed by atoms with van der Waals surface area (Å²) in [4.78, 5) is 0. The van der Waals surface area contributed by atoms with E-state index in [9.17, 15) is 0 Å². The molecule has 0 N–H and O–H groups in total. The molecule has 3 aromatic carbocycles. The summed E-state index contributed by atoms with van der Waals surface area (Å²) in [5.74, 6) is 0.894. The van der Waals surface area contributed by atoms with Crippen molar-refractivity contribution in [2.75, 3.05) is 12.1 Å². The van der Waals surface area contributed by atoms with Crippen LogP contribution < -0.4 is 9.75 Å². The predicted octanol–water partition coefficient (Wildman–Crippen LogP) is 5.81. The molecule has 0 saturated heterocycles. The Hall–Kier alpha value is -2.59. The van der Waals surface area contributed by atoms with E-state index >= 15 is 0 Å². The van der Waals surface area contributed by atoms with Crippen LogP contribution in [0.25, 0.3) is 0 Å². The molecule has 0 unspecified atom stereocenters. The monoisotopic (exact) mass is 406 g/mol. The minimum Gasteiger partial charge on any atom is -0.496 e. The number of hydrazone groups is 1. The van der Waals surface area contributed by atoms with Gasteiger partial charge in [0, 0.05) is 16.5 Å². The van der Waals surface area contributed by atoms with Crippen molar-refractivity contribution in [3.05, 3.63) is 94.5 Å². The molecule has 0 amide bonds. The number of nitrogens with zero attached hydrogens (tertiary/aromatic N) is 2. The van der Waals surface area contributed by atoms with E-state index in [1.807, 2.05) is 30.3 Å². The van der Waals surface area contributed by atoms with Crippen LogP contribution in [0.1, 0.15) is 23.6 Å². The van der Waals surface area contributed by atoms with Gasteiger partial charge in [-0.15, -0.1) is 0 Å². The van der Waals surface area contributed by atoms with Crippen molar-refractivity contribution in [1.82, 2.24) is 0 Å². The van der Waals surface area contributed by atoms with Crippen LogP contribution in [0.2, 0.25) is 0 Å². The van der Waals surface area contributed by atoms with Crippen molar-refractivity contribution in [3.8, 4) is 5.75 Å². The molecule has 130 valence electrons. The van der Waals surface area contributed by atoms with Crippen LogP contribution in [-0.2, 0) is 0 Å². The van der Waals surface area contributed by atoms with E-state index in [1.165, 1.54) is 0 Å². The molecule has 0 radical (unpaired) electrons. The SMILES string of the molecule is COc1ccccc1[C@@H]1CC(c2ccc(Br)cc2)=NN1c1ccccc1. The molecule has 0 fully saturated rings. The second kappa shape index (κ2) is 7.34. The quantitative estimate of drug-likeness (QED) is 0.545. The van der Waals surface area contributed by atoms with Gasteiger partial charge < -0.3 is 4.74 Å². The highest BCUT2D eigenvalue weighted by atomic mass is 79.9. The van der Waals surface area contributed by atoms with E-state index in [1.54, 1.807) is 7.11 Å². The average molecular weight is 407 g/mol. The zero-order valence-electron chi connectivity index (χ0n) is 14.5. The highest BCUT2D eigenvalue weighted by Gasteiger charge is 2.31. The molecular formula is C22H19BrN2O. The maximum Gasteiger partial charge on any atom is 0.124 e. The molecule has 0 spiro atoms. The molecule has 0 saturated carbocycles. The summed E-state index contributed by atoms with van der Waals surface area (Å²) >= 11 is 3.50. The van der Waals surface area contributed by atoms with E-state index in [4.69, 9.17) is 9.84 Å². The molecule has 0 bridgehead atoms. The van der Waals surface area contributed by atoms with Crippen molar-refractivity contribution in [3.63, 3.8) is 0 Å². The van der Waals surface area contributed by atoms with Crippen molar-refractivity contribution in [2.24, 2.45) is 5.10 Å². The number of methoxy groups -OCH3 is 1. The lowest BCUT2D eigenvalue weighted by molar-refractivity contribution is 0.405. The van der Waals surface area contributed by atoms with Crippen LogP contribution in [0.5, 0.6) is 5.75 Å². The number of hydrogen-bond acceptors (Lipinski definition) is 3. The Labute approximate surface area is 162 Å². The zero-order valence-corrected chi connectivity index (χ0v) is 16.1. The van der Waals surface area contributed by atoms with Crippen molar-refractivity contribution < 1.29 is 4.74 Å². The number of ether oxygens (including phenoxy) is 1. The van der Waals surface area contributed by atoms with E-state index in [0.29, 0.717) is 0 Å². The van der Waals surface area contributed by atoms with Crippen LogP contribution >= 0.6 is 15.9 Å². The van der Waals surface area contributed by atoms with E-state index in [2.05, 4.69) is 69.5 Å². The Kier molecular flexibility index (Phi) is 4.76. The standard InChI is InChI=1S/C22H19BrN2O/c1-26-22-10-6-5-9-19(22)21-15-20(16-11-13-17(23)14-12-16)24-25(21)18-7-3-2-4-8-18/h2-14,21H,15H2,1H3/t21-/m0/s1. The lowest BCUT2D eigenvalue weighted by Crippen LogP contribution is -2.19. The van der Waals surface area contributed by atoms with Gasteiger partial charge in [-0.05, 0) is 35.9 Å². The smallest absolute Gasteiger partial charge is 0.124 e. The van der Waals surface area contributed by atoms with Gasteiger partial charge in [0.1, 0.15) is 5.75 Å². The lowest BCUT2D eigenvalue weighted by Gasteiger charge is -2.25. The molecule has 1 heterocycles. The summed E-state index contributed by atoms with van der Waals surface area (Å²) in [6, 6.07) is 26.9. The fourth-order valence-electron chi connectivity index (χ4n) is 3.33. The van der Waals surface area contributed by atoms with Gasteiger partial charge in [0.25, 0.3) is 0 Å². The maximum atomic E-state index is 5.61. The summed E-state index contributed by atoms with van der Waals surface area (Å²) in [6.07, 6.45) is 0.830. The molecule has 1 aliphatic rings. The normalized spacial score (nSPS) is 16.5. The number of rotatable bonds is 4. The third-order valence-electron chi connectivity index (χ3n) is 4.61. The summed E-state index contributed by atoms with van der Waals surface area (Å²) in [5, 5.41) is 7.08. The Morgan fingerprint density at radius 1 is 0.923 bits per heavy atom. The maximum absolute atomic E-state index is 5.61. The molecule has 26 heavy (non-hydrogen) atoms. The predicted molar refractivity (Wildman–Crippen MR) is 110 cm³/mol. The van der Waals surface area contributed by atoms with Gasteiger partial charge in [0.05, 0.1) is 24.6 Å². The van der Waals surface area contributed by atoms with Crippen molar-refractivity contribution >= 4 is 27.3 Å². The first-order valence-corrected chi connectivity index (χ1v) is 9.36. The van der Waals surface area contributed by atoms with Crippen LogP contribution in [0.3, 0.4) is 0 Å². The van der Waals surface area contributed by atoms with Gasteiger partial charge in [-0.3, -0.25) is 5.01 Å². The van der Waals surface area contributed by atoms with E-state index < -0.39 is 0 Å². The molecule has 3 nitrogen and oxygen atoms in total. The van der Waals surface area contributed by atoms with E-state index in [0.717, 1.165) is 39.2 Å². The Balaban J connectivity index is 1.77. The van der Waals surface area contributed by atoms with Gasteiger partial charge in [0.15, 0.2) is 0 Å². The molecule has 4 rings (SSSR count). The number of anilines is 1. The van der Waals surface area contributed by atoms with Gasteiger partial charge in [0.2, 0.25) is 0 Å². The molecule has 3 aromatic rings. The first-order valence-electron chi connectivity index (χ1n) is 8.57. The largest absolute Gasteiger partial charge is 0.496 e. The lowest BCUT2D eigenvalue weighted by atomic mass is 9.97. The topological polar surface area (TPSA) is 24.8 Å². The van der Waals surface area contributed by atoms with Crippen LogP contribution in [-0.4, -0.2) is 12.8 Å². The van der Waals surface area contributed by atoms with Gasteiger partial charge in [-0.2, -0.15) is 5.10 Å². The van der Waals surface area contributed by atoms with Crippen molar-refractivity contribution in [1.29, 1.82) is 0 Å². The van der Waals surface area contributed by atoms with E-state index in [-0.39, 0.29) is 6.04 Å². The Morgan fingerprint density at radius 3 is 2.35 bits per heavy atom. The highest BCUT2D eigenvalue weighted by molar-refractivity contribution is 9.10. The second-order valence-electron chi connectivity index (χ2n) is 6.20. The second-order valence-corrected chi connectivity index (χ2v) is 7.11. The summed E-state index contributed by atoms with van der Waals surface area (Å²) in [7, 11) is 1.72. The minimum atomic E-state index is 0.104. The average Bonchev–Trinajstić information content (AvgIpc) is 3.14. The molecule has 4 heteroatoms. The summed E-state index contributed by atoms with van der Waals surface area (Å²) in [6.45, 7) is 0. The summed E-state index contributed by atoms with van der Waals surface area (Å²) in [5.41, 5.74) is 4.45. The minimum absolute atomic E-state index is 0.104. The van der Waals surface area contributed by atoms with Gasteiger partial charge >= 0.3 is 0 Å². The third kappa shape index (κ3) is 3.25. The van der Waals surface area contributed by atoms with Crippen LogP contribution in [0.15, 0.2) is 88.4 Å². The molecule has 1 atom stereocenters. The summed E-state index contributed by atoms with van der Waals surface area (Å²) < 4.78 is 6.69. The zero-order chi connectivity index (χ0) is 17.9. The Morgan fingerprint density at radius 2 is 1.62 bits per heavy atom. The number of para-hydroxylation sites is 2. The number of hydrogen-bond donors (Lipinski definition) is 0. The number of halogens is 1. The van der Waals surface area contributed by atoms with Gasteiger partial charge in [-0.25, -0.2) is 0 Å². The van der Waals surface area contributed by atoms with Crippen molar-refractivity contribution in [2.45, 2.75) is 12.5 Å².